The van der Waals surface area contributed by atoms with Crippen LogP contribution in [0.15, 0.2) is 23.2 Å². The third-order valence-electron chi connectivity index (χ3n) is 3.69. The monoisotopic (exact) mass is 410 g/mol. The molecule has 0 saturated carbocycles. The molecule has 0 radical (unpaired) electrons. The summed E-state index contributed by atoms with van der Waals surface area (Å²) in [4.78, 5) is 37.4. The Balaban J connectivity index is 2.14. The molecule has 1 aromatic rings. The predicted molar refractivity (Wildman–Crippen MR) is 104 cm³/mol. The van der Waals surface area contributed by atoms with Crippen LogP contribution in [0.4, 0.5) is 5.69 Å². The van der Waals surface area contributed by atoms with E-state index in [0.717, 1.165) is 0 Å². The number of ether oxygens (including phenoxy) is 4. The van der Waals surface area contributed by atoms with E-state index >= 15 is 0 Å². The number of methoxy groups -OCH3 is 3. The van der Waals surface area contributed by atoms with E-state index in [1.54, 1.807) is 19.1 Å². The van der Waals surface area contributed by atoms with Gasteiger partial charge >= 0.3 is 5.97 Å². The van der Waals surface area contributed by atoms with Gasteiger partial charge in [0, 0.05) is 17.8 Å². The SMILES string of the molecule is CCOC(=O)/C=C1\SCC(=O)N1CC(=O)Nc1cc(OC)c(OC)c(OC)c1. The maximum Gasteiger partial charge on any atom is 0.333 e. The van der Waals surface area contributed by atoms with Crippen LogP contribution in [0.1, 0.15) is 6.92 Å². The van der Waals surface area contributed by atoms with Crippen molar-refractivity contribution in [3.63, 3.8) is 0 Å². The minimum Gasteiger partial charge on any atom is -0.493 e. The van der Waals surface area contributed by atoms with E-state index in [1.807, 2.05) is 0 Å². The number of carbonyl (C=O) groups is 3. The second kappa shape index (κ2) is 9.88. The maximum absolute atomic E-state index is 12.5. The average Bonchev–Trinajstić information content (AvgIpc) is 3.00. The van der Waals surface area contributed by atoms with Crippen molar-refractivity contribution in [2.75, 3.05) is 45.6 Å². The fraction of sp³-hybridized carbons (Fsp3) is 0.389. The first-order valence-corrected chi connectivity index (χ1v) is 9.33. The minimum absolute atomic E-state index is 0.155. The molecular weight excluding hydrogens is 388 g/mol. The molecule has 0 spiro atoms. The van der Waals surface area contributed by atoms with Crippen LogP contribution >= 0.6 is 11.8 Å². The number of esters is 1. The Morgan fingerprint density at radius 2 is 1.82 bits per heavy atom. The van der Waals surface area contributed by atoms with E-state index in [2.05, 4.69) is 5.32 Å². The summed E-state index contributed by atoms with van der Waals surface area (Å²) in [5, 5.41) is 3.07. The van der Waals surface area contributed by atoms with Gasteiger partial charge in [-0.15, -0.1) is 0 Å². The molecule has 0 aliphatic carbocycles. The lowest BCUT2D eigenvalue weighted by Gasteiger charge is -2.18. The van der Waals surface area contributed by atoms with Gasteiger partial charge in [0.25, 0.3) is 0 Å². The van der Waals surface area contributed by atoms with Crippen LogP contribution in [0.2, 0.25) is 0 Å². The molecule has 0 atom stereocenters. The van der Waals surface area contributed by atoms with Crippen LogP contribution in [0.5, 0.6) is 17.2 Å². The second-order valence-corrected chi connectivity index (χ2v) is 6.46. The number of thioether (sulfide) groups is 1. The lowest BCUT2D eigenvalue weighted by atomic mass is 10.2. The van der Waals surface area contributed by atoms with Crippen LogP contribution < -0.4 is 19.5 Å². The number of benzene rings is 1. The van der Waals surface area contributed by atoms with Gasteiger partial charge in [0.2, 0.25) is 17.6 Å². The second-order valence-electron chi connectivity index (χ2n) is 5.47. The van der Waals surface area contributed by atoms with E-state index < -0.39 is 11.9 Å². The summed E-state index contributed by atoms with van der Waals surface area (Å²) in [5.74, 6) is 0.0487. The summed E-state index contributed by atoms with van der Waals surface area (Å²) < 4.78 is 20.6. The first kappa shape index (κ1) is 21.4. The van der Waals surface area contributed by atoms with Crippen LogP contribution in [-0.4, -0.2) is 62.9 Å². The molecule has 10 heteroatoms. The molecule has 1 fully saturated rings. The van der Waals surface area contributed by atoms with E-state index in [9.17, 15) is 14.4 Å². The number of amides is 2. The molecule has 1 N–H and O–H groups in total. The summed E-state index contributed by atoms with van der Waals surface area (Å²) in [5.41, 5.74) is 0.412. The van der Waals surface area contributed by atoms with Gasteiger partial charge in [-0.1, -0.05) is 11.8 Å². The number of rotatable bonds is 8. The zero-order chi connectivity index (χ0) is 20.7. The first-order valence-electron chi connectivity index (χ1n) is 8.34. The summed E-state index contributed by atoms with van der Waals surface area (Å²) in [6.45, 7) is 1.67. The quantitative estimate of drug-likeness (QED) is 0.510. The van der Waals surface area contributed by atoms with Crippen molar-refractivity contribution in [2.45, 2.75) is 6.92 Å². The Kier molecular flexibility index (Phi) is 7.56. The van der Waals surface area contributed by atoms with Crippen LogP contribution in [0, 0.1) is 0 Å². The molecule has 0 bridgehead atoms. The lowest BCUT2D eigenvalue weighted by Crippen LogP contribution is -2.34. The number of anilines is 1. The van der Waals surface area contributed by atoms with Gasteiger partial charge in [0.05, 0.1) is 44.8 Å². The van der Waals surface area contributed by atoms with E-state index in [1.165, 1.54) is 44.1 Å². The summed E-state index contributed by atoms with van der Waals surface area (Å²) in [6, 6.07) is 3.16. The van der Waals surface area contributed by atoms with Gasteiger partial charge in [0.1, 0.15) is 6.54 Å². The fourth-order valence-corrected chi connectivity index (χ4v) is 3.41. The molecular formula is C18H22N2O7S. The van der Waals surface area contributed by atoms with Crippen molar-refractivity contribution in [2.24, 2.45) is 0 Å². The molecule has 1 saturated heterocycles. The molecule has 1 heterocycles. The largest absolute Gasteiger partial charge is 0.493 e. The normalized spacial score (nSPS) is 14.8. The topological polar surface area (TPSA) is 103 Å². The smallest absolute Gasteiger partial charge is 0.333 e. The van der Waals surface area contributed by atoms with Crippen molar-refractivity contribution in [1.29, 1.82) is 0 Å². The fourth-order valence-electron chi connectivity index (χ4n) is 2.48. The highest BCUT2D eigenvalue weighted by atomic mass is 32.2. The molecule has 0 aromatic heterocycles. The highest BCUT2D eigenvalue weighted by molar-refractivity contribution is 8.04. The number of nitrogens with one attached hydrogen (secondary N) is 1. The van der Waals surface area contributed by atoms with Crippen molar-refractivity contribution in [1.82, 2.24) is 4.90 Å². The van der Waals surface area contributed by atoms with Crippen molar-refractivity contribution >= 4 is 35.2 Å². The zero-order valence-corrected chi connectivity index (χ0v) is 16.9. The summed E-state index contributed by atoms with van der Waals surface area (Å²) >= 11 is 1.18. The van der Waals surface area contributed by atoms with E-state index in [4.69, 9.17) is 18.9 Å². The van der Waals surface area contributed by atoms with Crippen LogP contribution in [-0.2, 0) is 19.1 Å². The van der Waals surface area contributed by atoms with E-state index in [-0.39, 0.29) is 24.8 Å². The Labute approximate surface area is 166 Å². The van der Waals surface area contributed by atoms with E-state index in [0.29, 0.717) is 28.0 Å². The van der Waals surface area contributed by atoms with Gasteiger partial charge in [-0.25, -0.2) is 4.79 Å². The Morgan fingerprint density at radius 3 is 2.36 bits per heavy atom. The molecule has 152 valence electrons. The van der Waals surface area contributed by atoms with Gasteiger partial charge in [0.15, 0.2) is 11.5 Å². The summed E-state index contributed by atoms with van der Waals surface area (Å²) in [6.07, 6.45) is 1.21. The van der Waals surface area contributed by atoms with Crippen molar-refractivity contribution < 1.29 is 33.3 Å². The Bertz CT molecular complexity index is 769. The number of carbonyl (C=O) groups excluding carboxylic acids is 3. The van der Waals surface area contributed by atoms with Crippen LogP contribution in [0.25, 0.3) is 0 Å². The highest BCUT2D eigenvalue weighted by Crippen LogP contribution is 2.40. The van der Waals surface area contributed by atoms with Gasteiger partial charge < -0.3 is 24.3 Å². The molecule has 9 nitrogen and oxygen atoms in total. The Morgan fingerprint density at radius 1 is 1.18 bits per heavy atom. The molecule has 1 aromatic carbocycles. The van der Waals surface area contributed by atoms with Gasteiger partial charge in [-0.2, -0.15) is 0 Å². The number of hydrogen-bond donors (Lipinski definition) is 1. The molecule has 2 amide bonds. The lowest BCUT2D eigenvalue weighted by molar-refractivity contribution is -0.137. The third-order valence-corrected chi connectivity index (χ3v) is 4.71. The molecule has 1 aliphatic heterocycles. The maximum atomic E-state index is 12.5. The predicted octanol–water partition coefficient (Wildman–Crippen LogP) is 1.63. The van der Waals surface area contributed by atoms with Crippen molar-refractivity contribution in [3.8, 4) is 17.2 Å². The average molecular weight is 410 g/mol. The summed E-state index contributed by atoms with van der Waals surface area (Å²) in [7, 11) is 4.41. The number of nitrogens with zero attached hydrogens (tertiary/aromatic N) is 1. The molecule has 28 heavy (non-hydrogen) atoms. The standard InChI is InChI=1S/C18H22N2O7S/c1-5-27-17(23)8-16-20(15(22)10-28-16)9-14(21)19-11-6-12(24-2)18(26-4)13(7-11)25-3/h6-8H,5,9-10H2,1-4H3,(H,19,21)/b16-8-. The third kappa shape index (κ3) is 5.10. The first-order chi connectivity index (χ1) is 13.4. The minimum atomic E-state index is -0.560. The molecule has 2 rings (SSSR count). The number of hydrogen-bond acceptors (Lipinski definition) is 8. The zero-order valence-electron chi connectivity index (χ0n) is 16.1. The van der Waals surface area contributed by atoms with Gasteiger partial charge in [-0.3, -0.25) is 14.5 Å². The highest BCUT2D eigenvalue weighted by Gasteiger charge is 2.29. The molecule has 0 unspecified atom stereocenters. The van der Waals surface area contributed by atoms with Crippen LogP contribution in [0.3, 0.4) is 0 Å². The molecule has 1 aliphatic rings. The Hall–Kier alpha value is -2.88. The van der Waals surface area contributed by atoms with Gasteiger partial charge in [-0.05, 0) is 6.92 Å². The van der Waals surface area contributed by atoms with Crippen molar-refractivity contribution in [3.05, 3.63) is 23.2 Å².